The molecule has 1 aromatic carbocycles. The lowest BCUT2D eigenvalue weighted by Gasteiger charge is -2.07. The van der Waals surface area contributed by atoms with Crippen LogP contribution in [0, 0.1) is 0 Å². The van der Waals surface area contributed by atoms with E-state index in [2.05, 4.69) is 26.2 Å². The van der Waals surface area contributed by atoms with Gasteiger partial charge in [-0.1, -0.05) is 12.1 Å². The van der Waals surface area contributed by atoms with Crippen molar-refractivity contribution < 1.29 is 9.90 Å². The Balaban J connectivity index is 2.24. The maximum absolute atomic E-state index is 11.8. The Labute approximate surface area is 106 Å². The van der Waals surface area contributed by atoms with E-state index in [-0.39, 0.29) is 11.4 Å². The fourth-order valence-electron chi connectivity index (χ4n) is 1.32. The highest BCUT2D eigenvalue weighted by Gasteiger charge is 2.13. The van der Waals surface area contributed by atoms with Gasteiger partial charge in [0, 0.05) is 10.7 Å². The second-order valence-electron chi connectivity index (χ2n) is 3.31. The van der Waals surface area contributed by atoms with Gasteiger partial charge >= 0.3 is 0 Å². The molecule has 17 heavy (non-hydrogen) atoms. The van der Waals surface area contributed by atoms with Gasteiger partial charge in [-0.15, -0.1) is 0 Å². The first-order valence-electron chi connectivity index (χ1n) is 4.88. The molecule has 4 nitrogen and oxygen atoms in total. The number of benzene rings is 1. The quantitative estimate of drug-likeness (QED) is 0.895. The van der Waals surface area contributed by atoms with Gasteiger partial charge in [-0.05, 0) is 40.2 Å². The van der Waals surface area contributed by atoms with Gasteiger partial charge in [0.1, 0.15) is 5.75 Å². The Kier molecular flexibility index (Phi) is 3.39. The van der Waals surface area contributed by atoms with Crippen LogP contribution < -0.4 is 5.32 Å². The van der Waals surface area contributed by atoms with Crippen molar-refractivity contribution in [3.63, 3.8) is 0 Å². The lowest BCUT2D eigenvalue weighted by Crippen LogP contribution is -2.13. The number of nitrogens with one attached hydrogen (secondary N) is 1. The van der Waals surface area contributed by atoms with E-state index >= 15 is 0 Å². The van der Waals surface area contributed by atoms with Gasteiger partial charge in [-0.3, -0.25) is 4.79 Å². The molecule has 1 amide bonds. The van der Waals surface area contributed by atoms with Crippen molar-refractivity contribution >= 4 is 27.5 Å². The minimum Gasteiger partial charge on any atom is -0.505 e. The number of rotatable bonds is 2. The Bertz CT molecular complexity index is 558. The molecular weight excluding hydrogens is 284 g/mol. The molecule has 0 saturated carbocycles. The number of anilines is 1. The second-order valence-corrected chi connectivity index (χ2v) is 4.16. The lowest BCUT2D eigenvalue weighted by molar-refractivity contribution is 0.101. The van der Waals surface area contributed by atoms with Crippen LogP contribution in [-0.2, 0) is 0 Å². The van der Waals surface area contributed by atoms with Gasteiger partial charge in [0.05, 0.1) is 5.69 Å². The number of pyridine rings is 1. The molecule has 0 radical (unpaired) electrons. The van der Waals surface area contributed by atoms with Gasteiger partial charge in [0.2, 0.25) is 0 Å². The maximum atomic E-state index is 11.8. The molecule has 0 fully saturated rings. The molecule has 0 aliphatic rings. The third kappa shape index (κ3) is 2.62. The molecule has 2 rings (SSSR count). The highest BCUT2D eigenvalue weighted by Crippen LogP contribution is 2.22. The van der Waals surface area contributed by atoms with Crippen molar-refractivity contribution in [1.82, 2.24) is 4.98 Å². The number of hydrogen-bond acceptors (Lipinski definition) is 3. The van der Waals surface area contributed by atoms with Crippen molar-refractivity contribution in [2.75, 3.05) is 5.32 Å². The molecule has 0 aliphatic carbocycles. The third-order valence-corrected chi connectivity index (χ3v) is 2.82. The summed E-state index contributed by atoms with van der Waals surface area (Å²) in [6.45, 7) is 0. The Hall–Kier alpha value is -1.88. The van der Waals surface area contributed by atoms with Gasteiger partial charge in [0.25, 0.3) is 5.91 Å². The number of para-hydroxylation sites is 1. The molecule has 1 aromatic heterocycles. The Morgan fingerprint density at radius 1 is 1.24 bits per heavy atom. The first-order valence-corrected chi connectivity index (χ1v) is 5.67. The van der Waals surface area contributed by atoms with E-state index in [0.29, 0.717) is 5.69 Å². The summed E-state index contributed by atoms with van der Waals surface area (Å²) in [5.74, 6) is -0.591. The van der Waals surface area contributed by atoms with Gasteiger partial charge in [-0.25, -0.2) is 4.98 Å². The predicted octanol–water partition coefficient (Wildman–Crippen LogP) is 2.80. The molecule has 2 N–H and O–H groups in total. The zero-order chi connectivity index (χ0) is 12.3. The van der Waals surface area contributed by atoms with Crippen LogP contribution in [0.15, 0.2) is 47.1 Å². The van der Waals surface area contributed by atoms with Crippen molar-refractivity contribution in [1.29, 1.82) is 0 Å². The van der Waals surface area contributed by atoms with E-state index in [4.69, 9.17) is 0 Å². The van der Waals surface area contributed by atoms with E-state index in [9.17, 15) is 9.90 Å². The molecule has 86 valence electrons. The van der Waals surface area contributed by atoms with Crippen molar-refractivity contribution in [2.45, 2.75) is 0 Å². The van der Waals surface area contributed by atoms with E-state index < -0.39 is 5.91 Å². The molecule has 0 atom stereocenters. The van der Waals surface area contributed by atoms with E-state index in [1.165, 1.54) is 12.3 Å². The molecule has 5 heteroatoms. The highest BCUT2D eigenvalue weighted by atomic mass is 79.9. The summed E-state index contributed by atoms with van der Waals surface area (Å²) < 4.78 is 0.767. The average Bonchev–Trinajstić information content (AvgIpc) is 2.32. The summed E-state index contributed by atoms with van der Waals surface area (Å²) in [4.78, 5) is 15.7. The lowest BCUT2D eigenvalue weighted by atomic mass is 10.3. The van der Waals surface area contributed by atoms with Crippen LogP contribution in [0.3, 0.4) is 0 Å². The zero-order valence-corrected chi connectivity index (χ0v) is 10.3. The number of carbonyl (C=O) groups is 1. The summed E-state index contributed by atoms with van der Waals surface area (Å²) >= 11 is 3.32. The van der Waals surface area contributed by atoms with Crippen LogP contribution in [0.25, 0.3) is 0 Å². The number of carbonyl (C=O) groups excluding carboxylic acids is 1. The highest BCUT2D eigenvalue weighted by molar-refractivity contribution is 9.10. The topological polar surface area (TPSA) is 62.2 Å². The van der Waals surface area contributed by atoms with E-state index in [1.54, 1.807) is 18.2 Å². The summed E-state index contributed by atoms with van der Waals surface area (Å²) in [6, 6.07) is 10.2. The van der Waals surface area contributed by atoms with Crippen LogP contribution in [0.1, 0.15) is 10.5 Å². The first kappa shape index (κ1) is 11.6. The SMILES string of the molecule is O=C(Nc1ccccc1Br)c1ncccc1O. The number of halogens is 1. The third-order valence-electron chi connectivity index (χ3n) is 2.12. The maximum Gasteiger partial charge on any atom is 0.278 e. The standard InChI is InChI=1S/C12H9BrN2O2/c13-8-4-1-2-5-9(8)15-12(17)11-10(16)6-3-7-14-11/h1-7,16H,(H,15,17). The molecule has 0 saturated heterocycles. The number of aromatic nitrogens is 1. The minimum atomic E-state index is -0.449. The Morgan fingerprint density at radius 3 is 2.71 bits per heavy atom. The summed E-state index contributed by atoms with van der Waals surface area (Å²) in [5, 5.41) is 12.2. The number of amides is 1. The van der Waals surface area contributed by atoms with Crippen LogP contribution >= 0.6 is 15.9 Å². The minimum absolute atomic E-state index is 0.00301. The largest absolute Gasteiger partial charge is 0.505 e. The zero-order valence-electron chi connectivity index (χ0n) is 8.72. The fraction of sp³-hybridized carbons (Fsp3) is 0. The number of aromatic hydroxyl groups is 1. The van der Waals surface area contributed by atoms with Crippen LogP contribution in [0.4, 0.5) is 5.69 Å². The monoisotopic (exact) mass is 292 g/mol. The average molecular weight is 293 g/mol. The number of hydrogen-bond donors (Lipinski definition) is 2. The van der Waals surface area contributed by atoms with Crippen LogP contribution in [0.5, 0.6) is 5.75 Å². The van der Waals surface area contributed by atoms with Crippen LogP contribution in [0.2, 0.25) is 0 Å². The molecule has 0 aliphatic heterocycles. The molecule has 2 aromatic rings. The molecule has 0 bridgehead atoms. The van der Waals surface area contributed by atoms with Crippen molar-refractivity contribution in [3.8, 4) is 5.75 Å². The summed E-state index contributed by atoms with van der Waals surface area (Å²) in [5.41, 5.74) is 0.630. The fourth-order valence-corrected chi connectivity index (χ4v) is 1.70. The normalized spacial score (nSPS) is 9.94. The van der Waals surface area contributed by atoms with Gasteiger partial charge in [-0.2, -0.15) is 0 Å². The number of nitrogens with zero attached hydrogens (tertiary/aromatic N) is 1. The molecule has 0 unspecified atom stereocenters. The van der Waals surface area contributed by atoms with Crippen molar-refractivity contribution in [3.05, 3.63) is 52.8 Å². The first-order chi connectivity index (χ1) is 8.18. The van der Waals surface area contributed by atoms with Crippen molar-refractivity contribution in [2.24, 2.45) is 0 Å². The van der Waals surface area contributed by atoms with Gasteiger partial charge < -0.3 is 10.4 Å². The molecular formula is C12H9BrN2O2. The Morgan fingerprint density at radius 2 is 2.00 bits per heavy atom. The molecule has 1 heterocycles. The van der Waals surface area contributed by atoms with Gasteiger partial charge in [0.15, 0.2) is 5.69 Å². The molecule has 0 spiro atoms. The van der Waals surface area contributed by atoms with Crippen LogP contribution in [-0.4, -0.2) is 16.0 Å². The summed E-state index contributed by atoms with van der Waals surface area (Å²) in [6.07, 6.45) is 1.45. The second kappa shape index (κ2) is 4.97. The predicted molar refractivity (Wildman–Crippen MR) is 68.0 cm³/mol. The summed E-state index contributed by atoms with van der Waals surface area (Å²) in [7, 11) is 0. The smallest absolute Gasteiger partial charge is 0.278 e. The van der Waals surface area contributed by atoms with E-state index in [1.807, 2.05) is 12.1 Å². The van der Waals surface area contributed by atoms with E-state index in [0.717, 1.165) is 4.47 Å².